The van der Waals surface area contributed by atoms with Crippen LogP contribution in [0.15, 0.2) is 48.5 Å². The van der Waals surface area contributed by atoms with Gasteiger partial charge in [0.05, 0.1) is 40.6 Å². The van der Waals surface area contributed by atoms with Gasteiger partial charge in [-0.05, 0) is 22.3 Å². The van der Waals surface area contributed by atoms with Crippen molar-refractivity contribution >= 4 is 23.9 Å². The Morgan fingerprint density at radius 2 is 0.725 bits per heavy atom. The lowest BCUT2D eigenvalue weighted by molar-refractivity contribution is -0.201. The summed E-state index contributed by atoms with van der Waals surface area (Å²) in [6.07, 6.45) is -1.65. The van der Waals surface area contributed by atoms with Crippen molar-refractivity contribution in [1.82, 2.24) is 10.6 Å². The highest BCUT2D eigenvalue weighted by Gasteiger charge is 2.98. The molecule has 10 aliphatic heterocycles. The summed E-state index contributed by atoms with van der Waals surface area (Å²) in [6.45, 7) is 0. The van der Waals surface area contributed by atoms with E-state index in [0.717, 1.165) is 22.3 Å². The maximum Gasteiger partial charge on any atom is 0.338 e. The van der Waals surface area contributed by atoms with Gasteiger partial charge in [0.25, 0.3) is 0 Å². The molecular weight excluding hydrogens is 660 g/mol. The summed E-state index contributed by atoms with van der Waals surface area (Å²) in [5.74, 6) is -7.27. The molecule has 2 N–H and O–H groups in total. The van der Waals surface area contributed by atoms with Crippen LogP contribution in [-0.2, 0) is 52.3 Å². The Hall–Kier alpha value is -3.88. The summed E-state index contributed by atoms with van der Waals surface area (Å²) in [7, 11) is 5.33. The molecule has 12 rings (SSSR count). The fourth-order valence-electron chi connectivity index (χ4n) is 14.7. The van der Waals surface area contributed by atoms with E-state index in [-0.39, 0.29) is 24.2 Å². The first-order valence-corrected chi connectivity index (χ1v) is 17.8. The lowest BCUT2D eigenvalue weighted by atomic mass is 9.42. The Bertz CT molecular complexity index is 1770. The first-order chi connectivity index (χ1) is 24.7. The van der Waals surface area contributed by atoms with Gasteiger partial charge in [-0.15, -0.1) is 0 Å². The van der Waals surface area contributed by atoms with Crippen LogP contribution in [0.3, 0.4) is 0 Å². The van der Waals surface area contributed by atoms with E-state index in [1.807, 2.05) is 48.5 Å². The highest BCUT2D eigenvalue weighted by Crippen LogP contribution is 2.84. The molecule has 264 valence electrons. The van der Waals surface area contributed by atoms with Gasteiger partial charge in [0.1, 0.15) is 0 Å². The number of nitrogens with one attached hydrogen (secondary N) is 2. The van der Waals surface area contributed by atoms with Crippen LogP contribution in [0.1, 0.15) is 46.4 Å². The summed E-state index contributed by atoms with van der Waals surface area (Å²) >= 11 is 0. The van der Waals surface area contributed by atoms with E-state index < -0.39 is 106 Å². The zero-order chi connectivity index (χ0) is 34.7. The molecule has 16 atom stereocenters. The standard InChI is InChI=1S/C38H36N2O11/c1-45-31(41)35-17-18(26-14-10-6-5-9-13(14)25(17)39-26)36(50-35,32(42)46-2)22-21(35)29-23-24(30(22)49-29)38(34(44)48-4)20-19(37(23,51-38)33(43)47-3)27-15-11-7-8-12-16(15)28(20)40-27/h5-12,17-30,39-40H,1-4H3. The van der Waals surface area contributed by atoms with E-state index in [2.05, 4.69) is 10.6 Å². The van der Waals surface area contributed by atoms with Crippen molar-refractivity contribution in [3.05, 3.63) is 70.8 Å². The molecule has 0 amide bonds. The van der Waals surface area contributed by atoms with Crippen molar-refractivity contribution in [2.45, 2.75) is 58.8 Å². The molecule has 0 spiro atoms. The van der Waals surface area contributed by atoms with Crippen LogP contribution < -0.4 is 10.6 Å². The van der Waals surface area contributed by atoms with Gasteiger partial charge in [-0.2, -0.15) is 0 Å². The van der Waals surface area contributed by atoms with Gasteiger partial charge in [-0.25, -0.2) is 19.2 Å². The topological polar surface area (TPSA) is 157 Å². The third-order valence-corrected chi connectivity index (χ3v) is 15.4. The number of hydrogen-bond acceptors (Lipinski definition) is 13. The number of benzene rings is 2. The van der Waals surface area contributed by atoms with Crippen molar-refractivity contribution in [3.8, 4) is 0 Å². The molecule has 10 aliphatic rings. The molecule has 8 fully saturated rings. The Balaban J connectivity index is 1.11. The minimum atomic E-state index is -1.63. The number of carbonyl (C=O) groups excluding carboxylic acids is 4. The molecule has 13 nitrogen and oxygen atoms in total. The first-order valence-electron chi connectivity index (χ1n) is 17.8. The fourth-order valence-corrected chi connectivity index (χ4v) is 14.7. The molecule has 13 heteroatoms. The number of methoxy groups -OCH3 is 4. The Kier molecular flexibility index (Phi) is 5.14. The molecule has 0 aromatic heterocycles. The Morgan fingerprint density at radius 3 is 0.961 bits per heavy atom. The summed E-state index contributed by atoms with van der Waals surface area (Å²) in [4.78, 5) is 58.3. The lowest BCUT2D eigenvalue weighted by Crippen LogP contribution is -2.69. The summed E-state index contributed by atoms with van der Waals surface area (Å²) < 4.78 is 43.8. The van der Waals surface area contributed by atoms with E-state index in [9.17, 15) is 19.2 Å². The quantitative estimate of drug-likeness (QED) is 0.348. The number of esters is 4. The van der Waals surface area contributed by atoms with Crippen LogP contribution in [0, 0.1) is 47.3 Å². The van der Waals surface area contributed by atoms with E-state index >= 15 is 0 Å². The predicted molar refractivity (Wildman–Crippen MR) is 168 cm³/mol. The van der Waals surface area contributed by atoms with Crippen molar-refractivity contribution in [3.63, 3.8) is 0 Å². The molecular formula is C38H36N2O11. The summed E-state index contributed by atoms with van der Waals surface area (Å²) in [5.41, 5.74) is -2.30. The summed E-state index contributed by atoms with van der Waals surface area (Å²) in [6, 6.07) is 14.8. The van der Waals surface area contributed by atoms with Gasteiger partial charge < -0.3 is 43.8 Å². The highest BCUT2D eigenvalue weighted by atomic mass is 16.6. The lowest BCUT2D eigenvalue weighted by Gasteiger charge is -2.53. The van der Waals surface area contributed by atoms with Crippen LogP contribution in [-0.4, -0.2) is 86.9 Å². The van der Waals surface area contributed by atoms with Gasteiger partial charge in [0.15, 0.2) is 22.4 Å². The van der Waals surface area contributed by atoms with Gasteiger partial charge in [-0.1, -0.05) is 48.5 Å². The van der Waals surface area contributed by atoms with Crippen molar-refractivity contribution < 1.29 is 52.3 Å². The zero-order valence-electron chi connectivity index (χ0n) is 28.2. The van der Waals surface area contributed by atoms with E-state index in [4.69, 9.17) is 33.2 Å². The van der Waals surface area contributed by atoms with Crippen molar-refractivity contribution in [1.29, 1.82) is 0 Å². The van der Waals surface area contributed by atoms with Crippen LogP contribution in [0.25, 0.3) is 0 Å². The molecule has 0 radical (unpaired) electrons. The Labute approximate surface area is 291 Å². The van der Waals surface area contributed by atoms with Crippen LogP contribution in [0.2, 0.25) is 0 Å². The molecule has 10 heterocycles. The SMILES string of the molecule is COC(=O)C12OC(C(=O)OC)(C3C4NC(c5ccccc54)C31)C1C3OC(C12)C1C3C2(C(=O)OC)OC1(C(=O)OC)C1C3NC(c4ccccc43)C12. The minimum Gasteiger partial charge on any atom is -0.467 e. The van der Waals surface area contributed by atoms with E-state index in [0.29, 0.717) is 0 Å². The fraction of sp³-hybridized carbons (Fsp3) is 0.579. The molecule has 0 saturated carbocycles. The second-order valence-corrected chi connectivity index (χ2v) is 16.1. The smallest absolute Gasteiger partial charge is 0.338 e. The molecule has 51 heavy (non-hydrogen) atoms. The van der Waals surface area contributed by atoms with Gasteiger partial charge in [-0.3, -0.25) is 0 Å². The largest absolute Gasteiger partial charge is 0.467 e. The second-order valence-electron chi connectivity index (χ2n) is 16.1. The third-order valence-electron chi connectivity index (χ3n) is 15.4. The maximum atomic E-state index is 14.6. The molecule has 16 unspecified atom stereocenters. The first kappa shape index (κ1) is 29.7. The van der Waals surface area contributed by atoms with Crippen molar-refractivity contribution in [2.24, 2.45) is 47.3 Å². The van der Waals surface area contributed by atoms with Crippen molar-refractivity contribution in [2.75, 3.05) is 28.4 Å². The average molecular weight is 697 g/mol. The average Bonchev–Trinajstić information content (AvgIpc) is 4.03. The molecule has 2 aromatic rings. The molecule has 10 bridgehead atoms. The predicted octanol–water partition coefficient (Wildman–Crippen LogP) is 1.23. The minimum absolute atomic E-state index is 0.305. The molecule has 0 aliphatic carbocycles. The number of ether oxygens (including phenoxy) is 7. The number of fused-ring (bicyclic) bond motifs is 36. The Morgan fingerprint density at radius 1 is 0.471 bits per heavy atom. The molecule has 2 aromatic carbocycles. The number of carbonyl (C=O) groups is 4. The second kappa shape index (κ2) is 8.83. The normalized spacial score (nSPS) is 52.2. The highest BCUT2D eigenvalue weighted by molar-refractivity contribution is 5.93. The number of hydrogen-bond donors (Lipinski definition) is 2. The molecule has 8 saturated heterocycles. The van der Waals surface area contributed by atoms with Gasteiger partial charge in [0.2, 0.25) is 0 Å². The van der Waals surface area contributed by atoms with Crippen LogP contribution in [0.4, 0.5) is 0 Å². The zero-order valence-corrected chi connectivity index (χ0v) is 28.2. The van der Waals surface area contributed by atoms with Gasteiger partial charge >= 0.3 is 23.9 Å². The third kappa shape index (κ3) is 2.59. The van der Waals surface area contributed by atoms with Crippen LogP contribution >= 0.6 is 0 Å². The maximum absolute atomic E-state index is 14.6. The van der Waals surface area contributed by atoms with E-state index in [1.54, 1.807) is 0 Å². The summed E-state index contributed by atoms with van der Waals surface area (Å²) in [5, 5.41) is 7.48. The van der Waals surface area contributed by atoms with E-state index in [1.165, 1.54) is 28.4 Å². The monoisotopic (exact) mass is 696 g/mol. The van der Waals surface area contributed by atoms with Crippen LogP contribution in [0.5, 0.6) is 0 Å². The number of rotatable bonds is 4. The van der Waals surface area contributed by atoms with Gasteiger partial charge in [0, 0.05) is 71.5 Å².